The molecular weight excluding hydrogens is 346 g/mol. The zero-order valence-corrected chi connectivity index (χ0v) is 15.4. The van der Waals surface area contributed by atoms with E-state index in [0.29, 0.717) is 13.1 Å². The predicted molar refractivity (Wildman–Crippen MR) is 102 cm³/mol. The molecule has 1 aliphatic rings. The Morgan fingerprint density at radius 1 is 1.11 bits per heavy atom. The lowest BCUT2D eigenvalue weighted by Crippen LogP contribution is -2.43. The zero-order valence-electron chi connectivity index (χ0n) is 15.4. The Labute approximate surface area is 158 Å². The minimum absolute atomic E-state index is 0.0183. The van der Waals surface area contributed by atoms with Crippen LogP contribution in [-0.2, 0) is 11.3 Å². The SMILES string of the molecule is COc1ccc(N2C[C@H](NC(=O)NCc3ccccc3OC)CC2=O)cc1. The molecule has 2 aromatic rings. The van der Waals surface area contributed by atoms with Gasteiger partial charge in [-0.25, -0.2) is 4.79 Å². The van der Waals surface area contributed by atoms with Gasteiger partial charge in [-0.2, -0.15) is 0 Å². The van der Waals surface area contributed by atoms with Gasteiger partial charge in [-0.3, -0.25) is 4.79 Å². The first-order valence-electron chi connectivity index (χ1n) is 8.71. The van der Waals surface area contributed by atoms with Crippen molar-refractivity contribution in [3.05, 3.63) is 54.1 Å². The number of methoxy groups -OCH3 is 2. The number of carbonyl (C=O) groups excluding carboxylic acids is 2. The van der Waals surface area contributed by atoms with Crippen molar-refractivity contribution in [1.29, 1.82) is 0 Å². The summed E-state index contributed by atoms with van der Waals surface area (Å²) in [6.45, 7) is 0.784. The van der Waals surface area contributed by atoms with Crippen LogP contribution in [0.5, 0.6) is 11.5 Å². The maximum atomic E-state index is 12.3. The number of benzene rings is 2. The summed E-state index contributed by atoms with van der Waals surface area (Å²) < 4.78 is 10.4. The van der Waals surface area contributed by atoms with Crippen LogP contribution in [-0.4, -0.2) is 38.7 Å². The molecule has 0 spiro atoms. The van der Waals surface area contributed by atoms with Crippen molar-refractivity contribution in [2.24, 2.45) is 0 Å². The van der Waals surface area contributed by atoms with Gasteiger partial charge in [0.2, 0.25) is 5.91 Å². The number of ether oxygens (including phenoxy) is 2. The number of amides is 3. The molecule has 7 nitrogen and oxygen atoms in total. The van der Waals surface area contributed by atoms with Gasteiger partial charge >= 0.3 is 6.03 Å². The second-order valence-corrected chi connectivity index (χ2v) is 6.24. The van der Waals surface area contributed by atoms with E-state index < -0.39 is 0 Å². The maximum absolute atomic E-state index is 12.3. The van der Waals surface area contributed by atoms with Crippen LogP contribution in [0.2, 0.25) is 0 Å². The first kappa shape index (κ1) is 18.6. The molecule has 1 heterocycles. The number of hydrogen-bond acceptors (Lipinski definition) is 4. The van der Waals surface area contributed by atoms with Crippen molar-refractivity contribution >= 4 is 17.6 Å². The lowest BCUT2D eigenvalue weighted by atomic mass is 10.2. The summed E-state index contributed by atoms with van der Waals surface area (Å²) in [5.41, 5.74) is 1.68. The third-order valence-electron chi connectivity index (χ3n) is 4.48. The highest BCUT2D eigenvalue weighted by Crippen LogP contribution is 2.24. The maximum Gasteiger partial charge on any atom is 0.315 e. The predicted octanol–water partition coefficient (Wildman–Crippen LogP) is 2.31. The number of anilines is 1. The molecular formula is C20H23N3O4. The third-order valence-corrected chi connectivity index (χ3v) is 4.48. The van der Waals surface area contributed by atoms with Crippen molar-refractivity contribution in [2.45, 2.75) is 19.0 Å². The summed E-state index contributed by atoms with van der Waals surface area (Å²) >= 11 is 0. The Kier molecular flexibility index (Phi) is 5.80. The summed E-state index contributed by atoms with van der Waals surface area (Å²) in [7, 11) is 3.19. The average molecular weight is 369 g/mol. The highest BCUT2D eigenvalue weighted by Gasteiger charge is 2.31. The summed E-state index contributed by atoms with van der Waals surface area (Å²) in [5, 5.41) is 5.67. The van der Waals surface area contributed by atoms with Crippen LogP contribution in [0.4, 0.5) is 10.5 Å². The number of urea groups is 1. The van der Waals surface area contributed by atoms with E-state index in [1.165, 1.54) is 0 Å². The number of nitrogens with one attached hydrogen (secondary N) is 2. The van der Waals surface area contributed by atoms with Crippen LogP contribution >= 0.6 is 0 Å². The molecule has 3 amide bonds. The van der Waals surface area contributed by atoms with E-state index in [2.05, 4.69) is 10.6 Å². The Balaban J connectivity index is 1.53. The fraction of sp³-hybridized carbons (Fsp3) is 0.300. The molecule has 142 valence electrons. The lowest BCUT2D eigenvalue weighted by molar-refractivity contribution is -0.117. The molecule has 0 unspecified atom stereocenters. The quantitative estimate of drug-likeness (QED) is 0.819. The van der Waals surface area contributed by atoms with Gasteiger partial charge in [0.1, 0.15) is 11.5 Å². The molecule has 2 aromatic carbocycles. The number of carbonyl (C=O) groups is 2. The van der Waals surface area contributed by atoms with Crippen molar-refractivity contribution in [3.8, 4) is 11.5 Å². The minimum atomic E-state index is -0.310. The molecule has 0 bridgehead atoms. The van der Waals surface area contributed by atoms with Gasteiger partial charge in [-0.05, 0) is 30.3 Å². The Hall–Kier alpha value is -3.22. The van der Waals surface area contributed by atoms with E-state index in [4.69, 9.17) is 9.47 Å². The van der Waals surface area contributed by atoms with Gasteiger partial charge in [0, 0.05) is 30.8 Å². The van der Waals surface area contributed by atoms with Crippen LogP contribution in [0.3, 0.4) is 0 Å². The average Bonchev–Trinajstić information content (AvgIpc) is 3.06. The molecule has 0 aliphatic carbocycles. The third kappa shape index (κ3) is 4.49. The zero-order chi connectivity index (χ0) is 19.2. The number of nitrogens with zero attached hydrogens (tertiary/aromatic N) is 1. The molecule has 3 rings (SSSR count). The molecule has 1 atom stereocenters. The van der Waals surface area contributed by atoms with Gasteiger partial charge in [-0.1, -0.05) is 18.2 Å². The van der Waals surface area contributed by atoms with Crippen LogP contribution in [0.15, 0.2) is 48.5 Å². The molecule has 0 saturated carbocycles. The standard InChI is InChI=1S/C20H23N3O4/c1-26-17-9-7-16(8-10-17)23-13-15(11-19(23)24)22-20(25)21-12-14-5-3-4-6-18(14)27-2/h3-10,15H,11-13H2,1-2H3,(H2,21,22,25)/t15-/m1/s1. The van der Waals surface area contributed by atoms with Crippen molar-refractivity contribution < 1.29 is 19.1 Å². The summed E-state index contributed by atoms with van der Waals surface area (Å²) in [6, 6.07) is 14.2. The van der Waals surface area contributed by atoms with Gasteiger partial charge in [0.05, 0.1) is 20.3 Å². The van der Waals surface area contributed by atoms with Gasteiger partial charge in [0.15, 0.2) is 0 Å². The van der Waals surface area contributed by atoms with Crippen LogP contribution < -0.4 is 25.0 Å². The van der Waals surface area contributed by atoms with Gasteiger partial charge in [-0.15, -0.1) is 0 Å². The first-order valence-corrected chi connectivity index (χ1v) is 8.71. The van der Waals surface area contributed by atoms with E-state index in [1.807, 2.05) is 48.5 Å². The van der Waals surface area contributed by atoms with E-state index in [9.17, 15) is 9.59 Å². The van der Waals surface area contributed by atoms with Crippen LogP contribution in [0.1, 0.15) is 12.0 Å². The first-order chi connectivity index (χ1) is 13.1. The monoisotopic (exact) mass is 369 g/mol. The summed E-state index contributed by atoms with van der Waals surface area (Å²) in [4.78, 5) is 26.2. The molecule has 1 saturated heterocycles. The van der Waals surface area contributed by atoms with Crippen LogP contribution in [0.25, 0.3) is 0 Å². The van der Waals surface area contributed by atoms with Crippen molar-refractivity contribution in [2.75, 3.05) is 25.7 Å². The molecule has 1 fully saturated rings. The largest absolute Gasteiger partial charge is 0.497 e. The lowest BCUT2D eigenvalue weighted by Gasteiger charge is -2.18. The number of hydrogen-bond donors (Lipinski definition) is 2. The second-order valence-electron chi connectivity index (χ2n) is 6.24. The summed E-state index contributed by atoms with van der Waals surface area (Å²) in [5.74, 6) is 1.44. The minimum Gasteiger partial charge on any atom is -0.497 e. The smallest absolute Gasteiger partial charge is 0.315 e. The topological polar surface area (TPSA) is 79.9 Å². The fourth-order valence-electron chi connectivity index (χ4n) is 3.08. The molecule has 27 heavy (non-hydrogen) atoms. The summed E-state index contributed by atoms with van der Waals surface area (Å²) in [6.07, 6.45) is 0.272. The highest BCUT2D eigenvalue weighted by atomic mass is 16.5. The van der Waals surface area contributed by atoms with Crippen LogP contribution in [0, 0.1) is 0 Å². The van der Waals surface area contributed by atoms with Gasteiger partial charge in [0.25, 0.3) is 0 Å². The number of para-hydroxylation sites is 1. The fourth-order valence-corrected chi connectivity index (χ4v) is 3.08. The molecule has 0 radical (unpaired) electrons. The molecule has 7 heteroatoms. The van der Waals surface area contributed by atoms with E-state index >= 15 is 0 Å². The van der Waals surface area contributed by atoms with Gasteiger partial charge < -0.3 is 25.0 Å². The highest BCUT2D eigenvalue weighted by molar-refractivity contribution is 5.96. The normalized spacial score (nSPS) is 16.1. The number of rotatable bonds is 6. The Bertz CT molecular complexity index is 807. The van der Waals surface area contributed by atoms with E-state index in [1.54, 1.807) is 19.1 Å². The van der Waals surface area contributed by atoms with Crippen molar-refractivity contribution in [1.82, 2.24) is 10.6 Å². The Morgan fingerprint density at radius 3 is 2.56 bits per heavy atom. The van der Waals surface area contributed by atoms with E-state index in [-0.39, 0.29) is 24.4 Å². The molecule has 0 aromatic heterocycles. The molecule has 2 N–H and O–H groups in total. The van der Waals surface area contributed by atoms with Crippen molar-refractivity contribution in [3.63, 3.8) is 0 Å². The second kappa shape index (κ2) is 8.44. The molecule has 1 aliphatic heterocycles. The van der Waals surface area contributed by atoms with E-state index in [0.717, 1.165) is 22.7 Å². The Morgan fingerprint density at radius 2 is 1.85 bits per heavy atom.